The number of nitrogens with zero attached hydrogens (tertiary/aromatic N) is 4. The highest BCUT2D eigenvalue weighted by Crippen LogP contribution is 2.38. The molecule has 0 fully saturated rings. The summed E-state index contributed by atoms with van der Waals surface area (Å²) in [7, 11) is -0.347. The van der Waals surface area contributed by atoms with Crippen LogP contribution >= 0.6 is 0 Å². The van der Waals surface area contributed by atoms with Crippen molar-refractivity contribution < 1.29 is 13.2 Å². The highest BCUT2D eigenvalue weighted by atomic mass is 32.2. The lowest BCUT2D eigenvalue weighted by atomic mass is 10.0. The zero-order chi connectivity index (χ0) is 20.3. The second kappa shape index (κ2) is 6.13. The van der Waals surface area contributed by atoms with Gasteiger partial charge in [0, 0.05) is 11.1 Å². The molecule has 2 heterocycles. The van der Waals surface area contributed by atoms with E-state index in [1.807, 2.05) is 36.4 Å². The highest BCUT2D eigenvalue weighted by molar-refractivity contribution is 7.90. The Labute approximate surface area is 168 Å². The van der Waals surface area contributed by atoms with Crippen LogP contribution in [0, 0.1) is 0 Å². The van der Waals surface area contributed by atoms with Gasteiger partial charge < -0.3 is 0 Å². The van der Waals surface area contributed by atoms with Gasteiger partial charge >= 0.3 is 0 Å². The Hall–Kier alpha value is -3.23. The topological polar surface area (TPSA) is 73.3 Å². The Kier molecular flexibility index (Phi) is 3.77. The molecule has 0 radical (unpaired) electrons. The standard InChI is InChI=1S/C21H18N4O3S/c1-23(2)21-24(20(26)16-12-7-9-14-8-3-4-10-15(14)16)22-19-17-11-5-6-13-18(17)29(27,28)25(19)21/h3-13,21H,1-2H3/t21-/m1/s1. The van der Waals surface area contributed by atoms with Gasteiger partial charge in [0.2, 0.25) is 0 Å². The van der Waals surface area contributed by atoms with Crippen molar-refractivity contribution in [3.05, 3.63) is 77.9 Å². The third-order valence-corrected chi connectivity index (χ3v) is 6.99. The Balaban J connectivity index is 1.68. The maximum Gasteiger partial charge on any atom is 0.277 e. The molecule has 146 valence electrons. The fourth-order valence-electron chi connectivity index (χ4n) is 3.91. The van der Waals surface area contributed by atoms with Crippen LogP contribution in [0.1, 0.15) is 15.9 Å². The van der Waals surface area contributed by atoms with E-state index in [1.165, 1.54) is 9.31 Å². The summed E-state index contributed by atoms with van der Waals surface area (Å²) in [5.74, 6) is -0.0806. The number of hydrogen-bond donors (Lipinski definition) is 0. The fraction of sp³-hybridized carbons (Fsp3) is 0.143. The van der Waals surface area contributed by atoms with Crippen LogP contribution in [0.4, 0.5) is 0 Å². The zero-order valence-corrected chi connectivity index (χ0v) is 16.7. The third-order valence-electron chi connectivity index (χ3n) is 5.19. The van der Waals surface area contributed by atoms with Gasteiger partial charge in [0.05, 0.1) is 4.90 Å². The van der Waals surface area contributed by atoms with E-state index in [4.69, 9.17) is 0 Å². The average molecular weight is 406 g/mol. The first-order valence-electron chi connectivity index (χ1n) is 9.11. The van der Waals surface area contributed by atoms with Crippen LogP contribution in [-0.2, 0) is 10.0 Å². The van der Waals surface area contributed by atoms with Crippen LogP contribution in [0.5, 0.6) is 0 Å². The predicted octanol–water partition coefficient (Wildman–Crippen LogP) is 2.51. The molecule has 0 saturated carbocycles. The molecule has 1 atom stereocenters. The van der Waals surface area contributed by atoms with Crippen LogP contribution < -0.4 is 0 Å². The van der Waals surface area contributed by atoms with Gasteiger partial charge in [-0.2, -0.15) is 5.01 Å². The van der Waals surface area contributed by atoms with Crippen molar-refractivity contribution in [2.24, 2.45) is 5.10 Å². The fourth-order valence-corrected chi connectivity index (χ4v) is 5.70. The van der Waals surface area contributed by atoms with Gasteiger partial charge in [-0.25, -0.2) is 12.7 Å². The van der Waals surface area contributed by atoms with E-state index in [1.54, 1.807) is 49.3 Å². The molecular weight excluding hydrogens is 388 g/mol. The number of amidine groups is 1. The van der Waals surface area contributed by atoms with Gasteiger partial charge in [-0.05, 0) is 43.1 Å². The second-order valence-electron chi connectivity index (χ2n) is 7.21. The SMILES string of the molecule is CN(C)[C@@H]1N(C(=O)c2cccc3ccccc23)N=C2c3ccccc3S(=O)(=O)N21. The van der Waals surface area contributed by atoms with Gasteiger partial charge in [0.25, 0.3) is 15.9 Å². The summed E-state index contributed by atoms with van der Waals surface area (Å²) in [6.07, 6.45) is -0.881. The Morgan fingerprint density at radius 2 is 1.66 bits per heavy atom. The van der Waals surface area contributed by atoms with Gasteiger partial charge in [0.1, 0.15) is 0 Å². The van der Waals surface area contributed by atoms with Gasteiger partial charge in [-0.3, -0.25) is 9.69 Å². The molecular formula is C21H18N4O3S. The predicted molar refractivity (Wildman–Crippen MR) is 110 cm³/mol. The van der Waals surface area contributed by atoms with Gasteiger partial charge in [-0.1, -0.05) is 48.5 Å². The minimum Gasteiger partial charge on any atom is -0.270 e. The molecule has 0 unspecified atom stereocenters. The molecule has 8 heteroatoms. The van der Waals surface area contributed by atoms with E-state index in [0.717, 1.165) is 10.8 Å². The number of hydrogen-bond acceptors (Lipinski definition) is 5. The van der Waals surface area contributed by atoms with E-state index in [-0.39, 0.29) is 16.6 Å². The summed E-state index contributed by atoms with van der Waals surface area (Å²) < 4.78 is 27.6. The maximum atomic E-state index is 13.5. The van der Waals surface area contributed by atoms with E-state index >= 15 is 0 Å². The first kappa shape index (κ1) is 17.8. The normalized spacial score (nSPS) is 19.4. The maximum absolute atomic E-state index is 13.5. The summed E-state index contributed by atoms with van der Waals surface area (Å²) in [6, 6.07) is 19.8. The molecule has 5 rings (SSSR count). The van der Waals surface area contributed by atoms with Crippen LogP contribution in [0.3, 0.4) is 0 Å². The molecule has 0 bridgehead atoms. The van der Waals surface area contributed by atoms with Crippen LogP contribution in [0.2, 0.25) is 0 Å². The van der Waals surface area contributed by atoms with Crippen molar-refractivity contribution in [1.82, 2.24) is 14.2 Å². The molecule has 0 aliphatic carbocycles. The molecule has 0 N–H and O–H groups in total. The third kappa shape index (κ3) is 2.43. The van der Waals surface area contributed by atoms with Crippen molar-refractivity contribution in [3.8, 4) is 0 Å². The minimum atomic E-state index is -3.80. The lowest BCUT2D eigenvalue weighted by molar-refractivity contribution is 0.0343. The van der Waals surface area contributed by atoms with Gasteiger partial charge in [0.15, 0.2) is 12.1 Å². The summed E-state index contributed by atoms with van der Waals surface area (Å²) in [4.78, 5) is 15.4. The number of fused-ring (bicyclic) bond motifs is 4. The van der Waals surface area contributed by atoms with E-state index in [2.05, 4.69) is 5.10 Å². The van der Waals surface area contributed by atoms with Crippen molar-refractivity contribution in [3.63, 3.8) is 0 Å². The smallest absolute Gasteiger partial charge is 0.270 e. The Bertz CT molecular complexity index is 1290. The number of carbonyl (C=O) groups is 1. The van der Waals surface area contributed by atoms with Crippen molar-refractivity contribution in [1.29, 1.82) is 0 Å². The molecule has 29 heavy (non-hydrogen) atoms. The molecule has 0 spiro atoms. The summed E-state index contributed by atoms with van der Waals surface area (Å²) >= 11 is 0. The van der Waals surface area contributed by atoms with Crippen molar-refractivity contribution >= 4 is 32.5 Å². The highest BCUT2D eigenvalue weighted by Gasteiger charge is 2.52. The molecule has 1 amide bonds. The van der Waals surface area contributed by atoms with Gasteiger partial charge in [-0.15, -0.1) is 5.10 Å². The molecule has 3 aromatic rings. The summed E-state index contributed by atoms with van der Waals surface area (Å²) in [5, 5.41) is 7.47. The van der Waals surface area contributed by atoms with Crippen LogP contribution in [-0.4, -0.2) is 54.8 Å². The largest absolute Gasteiger partial charge is 0.277 e. The summed E-state index contributed by atoms with van der Waals surface area (Å²) in [5.41, 5.74) is 0.985. The molecule has 0 aromatic heterocycles. The van der Waals surface area contributed by atoms with Crippen LogP contribution in [0.25, 0.3) is 10.8 Å². The van der Waals surface area contributed by atoms with Crippen LogP contribution in [0.15, 0.2) is 76.7 Å². The number of hydrazone groups is 1. The first-order chi connectivity index (χ1) is 13.9. The van der Waals surface area contributed by atoms with E-state index in [9.17, 15) is 13.2 Å². The summed E-state index contributed by atoms with van der Waals surface area (Å²) in [6.45, 7) is 0. The molecule has 3 aromatic carbocycles. The van der Waals surface area contributed by atoms with E-state index in [0.29, 0.717) is 11.1 Å². The Morgan fingerprint density at radius 3 is 2.45 bits per heavy atom. The number of amides is 1. The average Bonchev–Trinajstić information content (AvgIpc) is 3.23. The molecule has 7 nitrogen and oxygen atoms in total. The van der Waals surface area contributed by atoms with E-state index < -0.39 is 16.3 Å². The molecule has 0 saturated heterocycles. The zero-order valence-electron chi connectivity index (χ0n) is 15.9. The second-order valence-corrected chi connectivity index (χ2v) is 8.99. The number of benzene rings is 3. The minimum absolute atomic E-state index is 0.211. The quantitative estimate of drug-likeness (QED) is 0.656. The molecule has 2 aliphatic heterocycles. The monoisotopic (exact) mass is 406 g/mol. The van der Waals surface area contributed by atoms with Crippen molar-refractivity contribution in [2.75, 3.05) is 14.1 Å². The lowest BCUT2D eigenvalue weighted by Gasteiger charge is -2.32. The first-order valence-corrected chi connectivity index (χ1v) is 10.6. The number of carbonyl (C=O) groups excluding carboxylic acids is 1. The molecule has 2 aliphatic rings. The number of sulfonamides is 1. The lowest BCUT2D eigenvalue weighted by Crippen LogP contribution is -2.53. The number of rotatable bonds is 2. The van der Waals surface area contributed by atoms with Crippen molar-refractivity contribution in [2.45, 2.75) is 11.2 Å². The Morgan fingerprint density at radius 1 is 0.966 bits per heavy atom.